The molecule has 29 heavy (non-hydrogen) atoms. The Labute approximate surface area is 173 Å². The average Bonchev–Trinajstić information content (AvgIpc) is 2.70. The van der Waals surface area contributed by atoms with Gasteiger partial charge in [0.1, 0.15) is 0 Å². The molecule has 0 saturated carbocycles. The average molecular weight is 394 g/mol. The van der Waals surface area contributed by atoms with Gasteiger partial charge in [-0.1, -0.05) is 45.9 Å². The van der Waals surface area contributed by atoms with Crippen molar-refractivity contribution in [3.05, 3.63) is 64.7 Å². The Morgan fingerprint density at radius 1 is 0.931 bits per heavy atom. The van der Waals surface area contributed by atoms with E-state index in [-0.39, 0.29) is 22.7 Å². The van der Waals surface area contributed by atoms with E-state index in [0.717, 1.165) is 17.7 Å². The second kappa shape index (κ2) is 8.02. The minimum Gasteiger partial charge on any atom is -0.469 e. The summed E-state index contributed by atoms with van der Waals surface area (Å²) in [6.45, 7) is 9.14. The van der Waals surface area contributed by atoms with Crippen molar-refractivity contribution in [1.82, 2.24) is 0 Å². The fraction of sp³-hybridized carbons (Fsp3) is 0.440. The number of amides is 1. The van der Waals surface area contributed by atoms with E-state index in [9.17, 15) is 9.59 Å². The minimum atomic E-state index is -0.231. The molecule has 0 atom stereocenters. The van der Waals surface area contributed by atoms with E-state index in [1.807, 2.05) is 18.2 Å². The predicted octanol–water partition coefficient (Wildman–Crippen LogP) is 5.39. The molecule has 0 spiro atoms. The highest BCUT2D eigenvalue weighted by atomic mass is 16.5. The summed E-state index contributed by atoms with van der Waals surface area (Å²) in [5, 5.41) is 3.04. The van der Waals surface area contributed by atoms with Crippen molar-refractivity contribution in [2.45, 2.75) is 64.2 Å². The molecule has 2 aromatic rings. The Morgan fingerprint density at radius 2 is 1.55 bits per heavy atom. The SMILES string of the molecule is COC(=O)CCc1ccc(C(=O)Nc2ccc3c(c2)C(C)(C)CCC3(C)C)cc1. The number of benzene rings is 2. The zero-order valence-electron chi connectivity index (χ0n) is 18.1. The number of hydrogen-bond donors (Lipinski definition) is 1. The Bertz CT molecular complexity index is 910. The van der Waals surface area contributed by atoms with Gasteiger partial charge in [0, 0.05) is 17.7 Å². The summed E-state index contributed by atoms with van der Waals surface area (Å²) in [4.78, 5) is 24.0. The molecular formula is C25H31NO3. The van der Waals surface area contributed by atoms with Gasteiger partial charge in [-0.3, -0.25) is 9.59 Å². The summed E-state index contributed by atoms with van der Waals surface area (Å²) in [6, 6.07) is 13.7. The number of hydrogen-bond acceptors (Lipinski definition) is 3. The molecule has 3 rings (SSSR count). The topological polar surface area (TPSA) is 55.4 Å². The van der Waals surface area contributed by atoms with Crippen LogP contribution < -0.4 is 5.32 Å². The van der Waals surface area contributed by atoms with Crippen molar-refractivity contribution in [2.75, 3.05) is 12.4 Å². The smallest absolute Gasteiger partial charge is 0.305 e. The Balaban J connectivity index is 1.73. The molecule has 0 fully saturated rings. The lowest BCUT2D eigenvalue weighted by atomic mass is 9.63. The Hall–Kier alpha value is -2.62. The van der Waals surface area contributed by atoms with E-state index >= 15 is 0 Å². The molecule has 1 aliphatic rings. The van der Waals surface area contributed by atoms with Crippen LogP contribution in [0.25, 0.3) is 0 Å². The van der Waals surface area contributed by atoms with Crippen LogP contribution in [0.15, 0.2) is 42.5 Å². The maximum Gasteiger partial charge on any atom is 0.305 e. The van der Waals surface area contributed by atoms with Gasteiger partial charge in [-0.15, -0.1) is 0 Å². The number of methoxy groups -OCH3 is 1. The van der Waals surface area contributed by atoms with Gasteiger partial charge in [-0.25, -0.2) is 0 Å². The fourth-order valence-electron chi connectivity index (χ4n) is 4.04. The molecule has 1 N–H and O–H groups in total. The molecular weight excluding hydrogens is 362 g/mol. The lowest BCUT2D eigenvalue weighted by molar-refractivity contribution is -0.140. The van der Waals surface area contributed by atoms with Gasteiger partial charge in [-0.05, 0) is 71.0 Å². The van der Waals surface area contributed by atoms with Crippen LogP contribution in [-0.4, -0.2) is 19.0 Å². The van der Waals surface area contributed by atoms with Crippen LogP contribution in [0.1, 0.15) is 74.0 Å². The lowest BCUT2D eigenvalue weighted by Gasteiger charge is -2.42. The van der Waals surface area contributed by atoms with Crippen molar-refractivity contribution in [2.24, 2.45) is 0 Å². The van der Waals surface area contributed by atoms with Gasteiger partial charge in [0.2, 0.25) is 0 Å². The zero-order valence-corrected chi connectivity index (χ0v) is 18.1. The second-order valence-corrected chi connectivity index (χ2v) is 9.26. The molecule has 0 heterocycles. The standard InChI is InChI=1S/C25H31NO3/c1-24(2)14-15-25(3,4)21-16-19(11-12-20(21)24)26-23(28)18-9-6-17(7-10-18)8-13-22(27)29-5/h6-7,9-12,16H,8,13-15H2,1-5H3,(H,26,28). The predicted molar refractivity (Wildman–Crippen MR) is 116 cm³/mol. The van der Waals surface area contributed by atoms with E-state index in [0.29, 0.717) is 18.4 Å². The first-order chi connectivity index (χ1) is 13.6. The van der Waals surface area contributed by atoms with Crippen molar-refractivity contribution in [3.8, 4) is 0 Å². The Morgan fingerprint density at radius 3 is 2.17 bits per heavy atom. The minimum absolute atomic E-state index is 0.104. The van der Waals surface area contributed by atoms with Crippen molar-refractivity contribution >= 4 is 17.6 Å². The number of rotatable bonds is 5. The summed E-state index contributed by atoms with van der Waals surface area (Å²) >= 11 is 0. The largest absolute Gasteiger partial charge is 0.469 e. The van der Waals surface area contributed by atoms with Crippen LogP contribution in [0.3, 0.4) is 0 Å². The number of carbonyl (C=O) groups excluding carboxylic acids is 2. The molecule has 0 radical (unpaired) electrons. The third-order valence-corrected chi connectivity index (χ3v) is 6.17. The van der Waals surface area contributed by atoms with Crippen LogP contribution >= 0.6 is 0 Å². The van der Waals surface area contributed by atoms with Gasteiger partial charge in [0.25, 0.3) is 5.91 Å². The first-order valence-corrected chi connectivity index (χ1v) is 10.2. The highest BCUT2D eigenvalue weighted by Gasteiger charge is 2.37. The van der Waals surface area contributed by atoms with Gasteiger partial charge in [-0.2, -0.15) is 0 Å². The Kier molecular flexibility index (Phi) is 5.83. The van der Waals surface area contributed by atoms with E-state index in [1.165, 1.54) is 24.7 Å². The van der Waals surface area contributed by atoms with E-state index in [1.54, 1.807) is 12.1 Å². The molecule has 4 heteroatoms. The number of fused-ring (bicyclic) bond motifs is 1. The van der Waals surface area contributed by atoms with Crippen LogP contribution in [0.2, 0.25) is 0 Å². The summed E-state index contributed by atoms with van der Waals surface area (Å²) in [5.41, 5.74) is 5.40. The third-order valence-electron chi connectivity index (χ3n) is 6.17. The molecule has 2 aromatic carbocycles. The summed E-state index contributed by atoms with van der Waals surface area (Å²) in [7, 11) is 1.39. The number of ether oxygens (including phenoxy) is 1. The summed E-state index contributed by atoms with van der Waals surface area (Å²) in [6.07, 6.45) is 3.24. The molecule has 1 amide bonds. The van der Waals surface area contributed by atoms with E-state index in [4.69, 9.17) is 0 Å². The molecule has 1 aliphatic carbocycles. The van der Waals surface area contributed by atoms with Gasteiger partial charge >= 0.3 is 5.97 Å². The second-order valence-electron chi connectivity index (χ2n) is 9.26. The monoisotopic (exact) mass is 393 g/mol. The van der Waals surface area contributed by atoms with Gasteiger partial charge < -0.3 is 10.1 Å². The van der Waals surface area contributed by atoms with Crippen molar-refractivity contribution in [3.63, 3.8) is 0 Å². The number of anilines is 1. The number of aryl methyl sites for hydroxylation is 1. The third kappa shape index (κ3) is 4.69. The molecule has 0 unspecified atom stereocenters. The maximum atomic E-state index is 12.7. The first kappa shape index (κ1) is 21.1. The summed E-state index contributed by atoms with van der Waals surface area (Å²) < 4.78 is 4.66. The number of nitrogens with one attached hydrogen (secondary N) is 1. The van der Waals surface area contributed by atoms with Crippen molar-refractivity contribution in [1.29, 1.82) is 0 Å². The number of carbonyl (C=O) groups is 2. The molecule has 4 nitrogen and oxygen atoms in total. The number of esters is 1. The maximum absolute atomic E-state index is 12.7. The van der Waals surface area contributed by atoms with Gasteiger partial charge in [0.15, 0.2) is 0 Å². The van der Waals surface area contributed by atoms with E-state index in [2.05, 4.69) is 49.9 Å². The molecule has 0 saturated heterocycles. The van der Waals surface area contributed by atoms with Crippen LogP contribution in [0, 0.1) is 0 Å². The summed E-state index contributed by atoms with van der Waals surface area (Å²) in [5.74, 6) is -0.359. The first-order valence-electron chi connectivity index (χ1n) is 10.2. The molecule has 154 valence electrons. The van der Waals surface area contributed by atoms with Crippen LogP contribution in [-0.2, 0) is 26.8 Å². The normalized spacial score (nSPS) is 16.6. The lowest BCUT2D eigenvalue weighted by Crippen LogP contribution is -2.33. The van der Waals surface area contributed by atoms with Crippen LogP contribution in [0.4, 0.5) is 5.69 Å². The molecule has 0 bridgehead atoms. The molecule has 0 aliphatic heterocycles. The quantitative estimate of drug-likeness (QED) is 0.693. The highest BCUT2D eigenvalue weighted by molar-refractivity contribution is 6.04. The van der Waals surface area contributed by atoms with E-state index < -0.39 is 0 Å². The molecule has 0 aromatic heterocycles. The van der Waals surface area contributed by atoms with Gasteiger partial charge in [0.05, 0.1) is 7.11 Å². The fourth-order valence-corrected chi connectivity index (χ4v) is 4.04. The van der Waals surface area contributed by atoms with Crippen LogP contribution in [0.5, 0.6) is 0 Å². The zero-order chi connectivity index (χ0) is 21.2. The van der Waals surface area contributed by atoms with Crippen molar-refractivity contribution < 1.29 is 14.3 Å². The highest BCUT2D eigenvalue weighted by Crippen LogP contribution is 2.46.